The molecule has 0 aliphatic carbocycles. The van der Waals surface area contributed by atoms with Gasteiger partial charge < -0.3 is 4.74 Å². The molecule has 0 aliphatic heterocycles. The predicted octanol–water partition coefficient (Wildman–Crippen LogP) is 1.13. The molecule has 0 saturated carbocycles. The first kappa shape index (κ1) is 12.3. The van der Waals surface area contributed by atoms with E-state index in [1.54, 1.807) is 6.07 Å². The SMILES string of the molecule is CCc1nc(=O)n(CC(=O)OC)c2ccccc12. The van der Waals surface area contributed by atoms with Crippen LogP contribution in [0.4, 0.5) is 0 Å². The molecule has 2 rings (SSSR count). The molecule has 1 heterocycles. The van der Waals surface area contributed by atoms with Crippen LogP contribution < -0.4 is 5.69 Å². The van der Waals surface area contributed by atoms with Crippen molar-refractivity contribution in [3.05, 3.63) is 40.4 Å². The maximum atomic E-state index is 11.9. The van der Waals surface area contributed by atoms with E-state index >= 15 is 0 Å². The fourth-order valence-corrected chi connectivity index (χ4v) is 1.91. The van der Waals surface area contributed by atoms with Gasteiger partial charge in [0, 0.05) is 5.39 Å². The Hall–Kier alpha value is -2.17. The third-order valence-corrected chi connectivity index (χ3v) is 2.82. The number of hydrogen-bond acceptors (Lipinski definition) is 4. The topological polar surface area (TPSA) is 61.2 Å². The van der Waals surface area contributed by atoms with Crippen molar-refractivity contribution in [3.8, 4) is 0 Å². The van der Waals surface area contributed by atoms with Crippen LogP contribution in [0.3, 0.4) is 0 Å². The van der Waals surface area contributed by atoms with Gasteiger partial charge >= 0.3 is 11.7 Å². The summed E-state index contributed by atoms with van der Waals surface area (Å²) >= 11 is 0. The monoisotopic (exact) mass is 246 g/mol. The van der Waals surface area contributed by atoms with Gasteiger partial charge in [0.2, 0.25) is 0 Å². The molecule has 1 aromatic carbocycles. The minimum atomic E-state index is -0.465. The molecule has 5 heteroatoms. The lowest BCUT2D eigenvalue weighted by Gasteiger charge is -2.10. The van der Waals surface area contributed by atoms with Gasteiger partial charge in [-0.15, -0.1) is 0 Å². The van der Waals surface area contributed by atoms with Crippen LogP contribution in [0.15, 0.2) is 29.1 Å². The van der Waals surface area contributed by atoms with Gasteiger partial charge in [0.05, 0.1) is 18.3 Å². The molecular formula is C13H14N2O3. The third-order valence-electron chi connectivity index (χ3n) is 2.82. The molecule has 94 valence electrons. The molecule has 0 saturated heterocycles. The summed E-state index contributed by atoms with van der Waals surface area (Å²) in [6.07, 6.45) is 0.675. The number of aryl methyl sites for hydroxylation is 1. The summed E-state index contributed by atoms with van der Waals surface area (Å²) in [6, 6.07) is 7.42. The van der Waals surface area contributed by atoms with Gasteiger partial charge in [-0.25, -0.2) is 4.79 Å². The van der Waals surface area contributed by atoms with Crippen LogP contribution in [-0.2, 0) is 22.5 Å². The first-order valence-electron chi connectivity index (χ1n) is 5.72. The molecule has 0 amide bonds. The lowest BCUT2D eigenvalue weighted by molar-refractivity contribution is -0.141. The van der Waals surface area contributed by atoms with Gasteiger partial charge in [0.25, 0.3) is 0 Å². The number of fused-ring (bicyclic) bond motifs is 1. The van der Waals surface area contributed by atoms with E-state index in [1.807, 2.05) is 25.1 Å². The molecule has 2 aromatic rings. The number of benzene rings is 1. The van der Waals surface area contributed by atoms with E-state index in [2.05, 4.69) is 9.72 Å². The zero-order valence-corrected chi connectivity index (χ0v) is 10.3. The number of para-hydroxylation sites is 1. The van der Waals surface area contributed by atoms with Crippen molar-refractivity contribution in [2.24, 2.45) is 0 Å². The largest absolute Gasteiger partial charge is 0.468 e. The standard InChI is InChI=1S/C13H14N2O3/c1-3-10-9-6-4-5-7-11(9)15(13(17)14-10)8-12(16)18-2/h4-7H,3,8H2,1-2H3. The average Bonchev–Trinajstić information content (AvgIpc) is 2.41. The highest BCUT2D eigenvalue weighted by Gasteiger charge is 2.11. The highest BCUT2D eigenvalue weighted by atomic mass is 16.5. The smallest absolute Gasteiger partial charge is 0.348 e. The number of hydrogen-bond donors (Lipinski definition) is 0. The van der Waals surface area contributed by atoms with Gasteiger partial charge in [0.15, 0.2) is 0 Å². The zero-order valence-electron chi connectivity index (χ0n) is 10.3. The van der Waals surface area contributed by atoms with Crippen LogP contribution in [0, 0.1) is 0 Å². The number of methoxy groups -OCH3 is 1. The molecule has 0 N–H and O–H groups in total. The summed E-state index contributed by atoms with van der Waals surface area (Å²) in [5.74, 6) is -0.465. The van der Waals surface area contributed by atoms with E-state index < -0.39 is 11.7 Å². The lowest BCUT2D eigenvalue weighted by Crippen LogP contribution is -2.28. The van der Waals surface area contributed by atoms with Gasteiger partial charge in [-0.1, -0.05) is 25.1 Å². The average molecular weight is 246 g/mol. The summed E-state index contributed by atoms with van der Waals surface area (Å²) in [4.78, 5) is 27.2. The Labute approximate surface area is 104 Å². The van der Waals surface area contributed by atoms with E-state index in [0.29, 0.717) is 11.9 Å². The fraction of sp³-hybridized carbons (Fsp3) is 0.308. The maximum absolute atomic E-state index is 11.9. The molecule has 0 atom stereocenters. The van der Waals surface area contributed by atoms with Crippen molar-refractivity contribution >= 4 is 16.9 Å². The Bertz CT molecular complexity index is 646. The van der Waals surface area contributed by atoms with Crippen molar-refractivity contribution in [2.75, 3.05) is 7.11 Å². The first-order chi connectivity index (χ1) is 8.67. The highest BCUT2D eigenvalue weighted by Crippen LogP contribution is 2.15. The van der Waals surface area contributed by atoms with Gasteiger partial charge in [0.1, 0.15) is 6.54 Å². The van der Waals surface area contributed by atoms with Crippen LogP contribution in [0.25, 0.3) is 10.9 Å². The number of aromatic nitrogens is 2. The number of nitrogens with zero attached hydrogens (tertiary/aromatic N) is 2. The maximum Gasteiger partial charge on any atom is 0.348 e. The van der Waals surface area contributed by atoms with E-state index in [0.717, 1.165) is 11.1 Å². The second kappa shape index (κ2) is 5.00. The Morgan fingerprint density at radius 2 is 2.11 bits per heavy atom. The number of ether oxygens (including phenoxy) is 1. The van der Waals surface area contributed by atoms with Crippen LogP contribution >= 0.6 is 0 Å². The van der Waals surface area contributed by atoms with Crippen molar-refractivity contribution in [2.45, 2.75) is 19.9 Å². The Kier molecular flexibility index (Phi) is 3.41. The number of carbonyl (C=O) groups excluding carboxylic acids is 1. The van der Waals surface area contributed by atoms with E-state index in [-0.39, 0.29) is 6.54 Å². The Morgan fingerprint density at radius 1 is 1.39 bits per heavy atom. The van der Waals surface area contributed by atoms with Crippen LogP contribution in [-0.4, -0.2) is 22.6 Å². The summed E-state index contributed by atoms with van der Waals surface area (Å²) in [5, 5.41) is 0.892. The molecule has 5 nitrogen and oxygen atoms in total. The van der Waals surface area contributed by atoms with Crippen LogP contribution in [0.1, 0.15) is 12.6 Å². The van der Waals surface area contributed by atoms with Crippen molar-refractivity contribution in [1.29, 1.82) is 0 Å². The van der Waals surface area contributed by atoms with E-state index in [1.165, 1.54) is 11.7 Å². The van der Waals surface area contributed by atoms with E-state index in [4.69, 9.17) is 0 Å². The first-order valence-corrected chi connectivity index (χ1v) is 5.72. The Balaban J connectivity index is 2.69. The second-order valence-corrected chi connectivity index (χ2v) is 3.87. The fourth-order valence-electron chi connectivity index (χ4n) is 1.91. The molecule has 18 heavy (non-hydrogen) atoms. The minimum Gasteiger partial charge on any atom is -0.468 e. The van der Waals surface area contributed by atoms with Crippen LogP contribution in [0.5, 0.6) is 0 Å². The zero-order chi connectivity index (χ0) is 13.1. The number of esters is 1. The quantitative estimate of drug-likeness (QED) is 0.762. The van der Waals surface area contributed by atoms with Crippen LogP contribution in [0.2, 0.25) is 0 Å². The lowest BCUT2D eigenvalue weighted by atomic mass is 10.1. The predicted molar refractivity (Wildman–Crippen MR) is 67.4 cm³/mol. The van der Waals surface area contributed by atoms with Crippen molar-refractivity contribution in [1.82, 2.24) is 9.55 Å². The summed E-state index contributed by atoms with van der Waals surface area (Å²) in [6.45, 7) is 1.83. The summed E-state index contributed by atoms with van der Waals surface area (Å²) in [7, 11) is 1.30. The minimum absolute atomic E-state index is 0.118. The van der Waals surface area contributed by atoms with Gasteiger partial charge in [-0.3, -0.25) is 9.36 Å². The molecule has 0 radical (unpaired) electrons. The molecule has 0 unspecified atom stereocenters. The third kappa shape index (κ3) is 2.11. The van der Waals surface area contributed by atoms with Gasteiger partial charge in [-0.2, -0.15) is 4.98 Å². The molecule has 0 spiro atoms. The Morgan fingerprint density at radius 3 is 2.78 bits per heavy atom. The molecule has 1 aromatic heterocycles. The molecule has 0 aliphatic rings. The van der Waals surface area contributed by atoms with Gasteiger partial charge in [-0.05, 0) is 12.5 Å². The molecule has 0 fully saturated rings. The number of rotatable bonds is 3. The molecule has 0 bridgehead atoms. The van der Waals surface area contributed by atoms with E-state index in [9.17, 15) is 9.59 Å². The van der Waals surface area contributed by atoms with Crippen molar-refractivity contribution < 1.29 is 9.53 Å². The highest BCUT2D eigenvalue weighted by molar-refractivity contribution is 5.82. The summed E-state index contributed by atoms with van der Waals surface area (Å²) < 4.78 is 5.92. The number of carbonyl (C=O) groups is 1. The second-order valence-electron chi connectivity index (χ2n) is 3.87. The molecular weight excluding hydrogens is 232 g/mol. The normalized spacial score (nSPS) is 10.6. The van der Waals surface area contributed by atoms with Crippen molar-refractivity contribution in [3.63, 3.8) is 0 Å². The summed E-state index contributed by atoms with van der Waals surface area (Å²) in [5.41, 5.74) is 1.03.